The van der Waals surface area contributed by atoms with Crippen LogP contribution in [0.25, 0.3) is 120 Å². The van der Waals surface area contributed by atoms with Crippen molar-refractivity contribution < 1.29 is 17.7 Å². The van der Waals surface area contributed by atoms with Gasteiger partial charge in [-0.3, -0.25) is 15.0 Å². The van der Waals surface area contributed by atoms with Crippen molar-refractivity contribution >= 4 is 120 Å². The number of nitrogens with zero attached hydrogens (tertiary/aromatic N) is 3. The summed E-state index contributed by atoms with van der Waals surface area (Å²) in [6.07, 6.45) is 5.46. The Kier molecular flexibility index (Phi) is 17.4. The molecule has 0 bridgehead atoms. The van der Waals surface area contributed by atoms with Crippen molar-refractivity contribution in [2.75, 3.05) is 0 Å². The molecule has 18 aromatic rings. The molecule has 7 aromatic heterocycles. The molecule has 0 fully saturated rings. The second-order valence-electron chi connectivity index (χ2n) is 22.3. The standard InChI is InChI=1S/4C13H10O.3C10H9N/c1-9-5-4-7-11-10-6-2-3-8-12(10)14-13(9)11;1-9-5-4-8-12-13(9)10-6-2-3-7-11(10)14-12;1-9-6-7-13-11(8-9)10-4-2-3-5-12(10)14-13;1-9-6-7-11-10-4-2-3-5-12(10)14-13(11)8-9;1-8-4-2-6-10-9(8)5-3-7-11-10;1-8-4-5-10-9(7-8)3-2-6-11-10;1-8-4-5-9-3-2-6-11-10(9)7-8/h4*2-8H,1H3;3*2-7H,1H3. The number of aryl methyl sites for hydroxylation is 7. The quantitative estimate of drug-likeness (QED) is 0.149. The van der Waals surface area contributed by atoms with E-state index in [0.717, 1.165) is 61.2 Å². The van der Waals surface area contributed by atoms with Crippen LogP contribution in [0.5, 0.6) is 0 Å². The van der Waals surface area contributed by atoms with Crippen molar-refractivity contribution in [2.45, 2.75) is 48.5 Å². The fourth-order valence-electron chi connectivity index (χ4n) is 11.1. The number of furan rings is 4. The van der Waals surface area contributed by atoms with Crippen LogP contribution < -0.4 is 0 Å². The first-order valence-electron chi connectivity index (χ1n) is 29.9. The average Bonchev–Trinajstić information content (AvgIpc) is 2.20. The minimum Gasteiger partial charge on any atom is -0.456 e. The van der Waals surface area contributed by atoms with Gasteiger partial charge in [0.1, 0.15) is 44.7 Å². The van der Waals surface area contributed by atoms with Gasteiger partial charge in [0.05, 0.1) is 16.6 Å². The second kappa shape index (κ2) is 26.6. The smallest absolute Gasteiger partial charge is 0.138 e. The van der Waals surface area contributed by atoms with Crippen LogP contribution in [0.2, 0.25) is 0 Å². The van der Waals surface area contributed by atoms with Crippen molar-refractivity contribution in [1.82, 2.24) is 15.0 Å². The molecule has 89 heavy (non-hydrogen) atoms. The molecule has 0 atom stereocenters. The molecular formula is C82H67N3O4. The molecule has 11 aromatic carbocycles. The number of pyridine rings is 3. The maximum Gasteiger partial charge on any atom is 0.138 e. The molecule has 0 amide bonds. The summed E-state index contributed by atoms with van der Waals surface area (Å²) in [4.78, 5) is 12.7. The Hall–Kier alpha value is -11.2. The summed E-state index contributed by atoms with van der Waals surface area (Å²) in [5.41, 5.74) is 19.8. The molecule has 0 aliphatic rings. The van der Waals surface area contributed by atoms with E-state index < -0.39 is 0 Å². The number of para-hydroxylation sites is 5. The molecule has 0 spiro atoms. The summed E-state index contributed by atoms with van der Waals surface area (Å²) < 4.78 is 23.0. The van der Waals surface area contributed by atoms with Gasteiger partial charge in [0.2, 0.25) is 0 Å². The normalized spacial score (nSPS) is 10.9. The third-order valence-corrected chi connectivity index (χ3v) is 15.7. The van der Waals surface area contributed by atoms with Gasteiger partial charge in [-0.25, -0.2) is 0 Å². The van der Waals surface area contributed by atoms with Gasteiger partial charge in [0, 0.05) is 77.8 Å². The number of hydrogen-bond donors (Lipinski definition) is 0. The number of aromatic nitrogens is 3. The van der Waals surface area contributed by atoms with E-state index in [0.29, 0.717) is 0 Å². The van der Waals surface area contributed by atoms with Gasteiger partial charge in [0.15, 0.2) is 0 Å². The monoisotopic (exact) mass is 1160 g/mol. The summed E-state index contributed by atoms with van der Waals surface area (Å²) in [7, 11) is 0. The predicted octanol–water partition coefficient (Wildman–Crippen LogP) is 23.2. The Morgan fingerprint density at radius 2 is 0.674 bits per heavy atom. The van der Waals surface area contributed by atoms with E-state index in [1.807, 2.05) is 146 Å². The van der Waals surface area contributed by atoms with Crippen molar-refractivity contribution in [3.05, 3.63) is 318 Å². The van der Waals surface area contributed by atoms with Crippen molar-refractivity contribution in [3.63, 3.8) is 0 Å². The number of fused-ring (bicyclic) bond motifs is 15. The lowest BCUT2D eigenvalue weighted by Crippen LogP contribution is -1.79. The van der Waals surface area contributed by atoms with Crippen LogP contribution in [0, 0.1) is 48.5 Å². The summed E-state index contributed by atoms with van der Waals surface area (Å²) in [5, 5.41) is 13.3. The third-order valence-electron chi connectivity index (χ3n) is 15.7. The van der Waals surface area contributed by atoms with Crippen LogP contribution in [0.3, 0.4) is 0 Å². The van der Waals surface area contributed by atoms with Crippen LogP contribution in [0.4, 0.5) is 0 Å². The van der Waals surface area contributed by atoms with E-state index in [4.69, 9.17) is 17.7 Å². The SMILES string of the molecule is Cc1ccc2c(c1)oc1ccccc12.Cc1ccc2cccnc2c1.Cc1ccc2ncccc2c1.Cc1ccc2oc3ccccc3c2c1.Cc1cccc2c1oc1ccccc12.Cc1cccc2ncccc12.Cc1cccc2oc3ccccc3c12. The molecule has 18 rings (SSSR count). The zero-order chi connectivity index (χ0) is 61.2. The number of hydrogen-bond acceptors (Lipinski definition) is 7. The highest BCUT2D eigenvalue weighted by Crippen LogP contribution is 2.33. The Bertz CT molecular complexity index is 5340. The summed E-state index contributed by atoms with van der Waals surface area (Å²) >= 11 is 0. The topological polar surface area (TPSA) is 91.2 Å². The zero-order valence-corrected chi connectivity index (χ0v) is 51.0. The van der Waals surface area contributed by atoms with Crippen molar-refractivity contribution in [3.8, 4) is 0 Å². The van der Waals surface area contributed by atoms with Gasteiger partial charge in [-0.1, -0.05) is 181 Å². The fraction of sp³-hybridized carbons (Fsp3) is 0.0854. The highest BCUT2D eigenvalue weighted by atomic mass is 16.3. The molecule has 7 heterocycles. The largest absolute Gasteiger partial charge is 0.456 e. The molecule has 7 nitrogen and oxygen atoms in total. The van der Waals surface area contributed by atoms with Crippen LogP contribution in [0.1, 0.15) is 38.9 Å². The average molecular weight is 1160 g/mol. The van der Waals surface area contributed by atoms with E-state index in [-0.39, 0.29) is 0 Å². The lowest BCUT2D eigenvalue weighted by molar-refractivity contribution is 0.665. The molecular weight excluding hydrogens is 1090 g/mol. The number of benzene rings is 11. The minimum absolute atomic E-state index is 0.966. The van der Waals surface area contributed by atoms with Crippen LogP contribution in [-0.2, 0) is 0 Å². The predicted molar refractivity (Wildman–Crippen MR) is 373 cm³/mol. The van der Waals surface area contributed by atoms with Crippen molar-refractivity contribution in [2.24, 2.45) is 0 Å². The molecule has 434 valence electrons. The fourth-order valence-corrected chi connectivity index (χ4v) is 11.1. The van der Waals surface area contributed by atoms with Crippen LogP contribution in [-0.4, -0.2) is 15.0 Å². The Balaban J connectivity index is 0.000000101. The first-order valence-corrected chi connectivity index (χ1v) is 29.9. The lowest BCUT2D eigenvalue weighted by atomic mass is 10.1. The van der Waals surface area contributed by atoms with E-state index in [9.17, 15) is 0 Å². The van der Waals surface area contributed by atoms with Gasteiger partial charge in [-0.05, 0) is 167 Å². The van der Waals surface area contributed by atoms with Gasteiger partial charge < -0.3 is 17.7 Å². The van der Waals surface area contributed by atoms with Gasteiger partial charge in [-0.2, -0.15) is 0 Å². The lowest BCUT2D eigenvalue weighted by Gasteiger charge is -1.97. The Morgan fingerprint density at radius 3 is 1.42 bits per heavy atom. The van der Waals surface area contributed by atoms with Gasteiger partial charge >= 0.3 is 0 Å². The number of rotatable bonds is 0. The zero-order valence-electron chi connectivity index (χ0n) is 51.0. The van der Waals surface area contributed by atoms with Crippen LogP contribution >= 0.6 is 0 Å². The molecule has 0 N–H and O–H groups in total. The molecule has 0 aliphatic carbocycles. The maximum absolute atomic E-state index is 5.78. The first-order chi connectivity index (χ1) is 43.5. The maximum atomic E-state index is 5.78. The summed E-state index contributed by atoms with van der Waals surface area (Å²) in [6, 6.07) is 88.4. The third kappa shape index (κ3) is 13.3. The van der Waals surface area contributed by atoms with Crippen LogP contribution in [0.15, 0.2) is 297 Å². The summed E-state index contributed by atoms with van der Waals surface area (Å²) in [6.45, 7) is 14.6. The molecule has 7 heteroatoms. The Morgan fingerprint density at radius 1 is 0.225 bits per heavy atom. The summed E-state index contributed by atoms with van der Waals surface area (Å²) in [5.74, 6) is 0. The molecule has 0 aliphatic heterocycles. The first kappa shape index (κ1) is 58.2. The van der Waals surface area contributed by atoms with Gasteiger partial charge in [-0.15, -0.1) is 0 Å². The minimum atomic E-state index is 0.966. The van der Waals surface area contributed by atoms with E-state index >= 15 is 0 Å². The molecule has 0 saturated heterocycles. The highest BCUT2D eigenvalue weighted by molar-refractivity contribution is 6.08. The van der Waals surface area contributed by atoms with Crippen molar-refractivity contribution in [1.29, 1.82) is 0 Å². The van der Waals surface area contributed by atoms with E-state index in [1.54, 1.807) is 0 Å². The molecule has 0 radical (unpaired) electrons. The second-order valence-corrected chi connectivity index (χ2v) is 22.3. The Labute approximate surface area is 517 Å². The van der Waals surface area contributed by atoms with Gasteiger partial charge in [0.25, 0.3) is 0 Å². The highest BCUT2D eigenvalue weighted by Gasteiger charge is 2.10. The molecule has 0 saturated carbocycles. The van der Waals surface area contributed by atoms with E-state index in [1.165, 1.54) is 98.2 Å². The van der Waals surface area contributed by atoms with E-state index in [2.05, 4.69) is 197 Å². The molecule has 0 unspecified atom stereocenters.